The number of hydrogen-bond donors (Lipinski definition) is 3. The van der Waals surface area contributed by atoms with Crippen LogP contribution in [0.5, 0.6) is 0 Å². The van der Waals surface area contributed by atoms with Gasteiger partial charge in [-0.3, -0.25) is 0 Å². The summed E-state index contributed by atoms with van der Waals surface area (Å²) in [5.41, 5.74) is 2.17. The van der Waals surface area contributed by atoms with Crippen LogP contribution >= 0.6 is 0 Å². The zero-order valence-corrected chi connectivity index (χ0v) is 8.10. The van der Waals surface area contributed by atoms with Crippen molar-refractivity contribution in [2.75, 3.05) is 0 Å². The van der Waals surface area contributed by atoms with Crippen LogP contribution in [0.15, 0.2) is 0 Å². The zero-order chi connectivity index (χ0) is 9.07. The first-order valence-electron chi connectivity index (χ1n) is 4.07. The van der Waals surface area contributed by atoms with E-state index in [0.29, 0.717) is 6.04 Å². The summed E-state index contributed by atoms with van der Waals surface area (Å²) in [5, 5.41) is 12.0. The highest BCUT2D eigenvalue weighted by Crippen LogP contribution is 2.08. The molecule has 0 spiro atoms. The summed E-state index contributed by atoms with van der Waals surface area (Å²) in [7, 11) is 0. The van der Waals surface area contributed by atoms with Gasteiger partial charge in [0, 0.05) is 17.6 Å². The van der Waals surface area contributed by atoms with Crippen LogP contribution in [0.2, 0.25) is 0 Å². The normalized spacial score (nSPS) is 15.5. The molecule has 0 saturated carbocycles. The van der Waals surface area contributed by atoms with E-state index in [2.05, 4.69) is 38.5 Å². The summed E-state index contributed by atoms with van der Waals surface area (Å²) in [6.45, 7) is 10.2. The maximum atomic E-state index is 8.69. The SMILES string of the molecule is CC(C)NC(C)(C)C(C)NO. The van der Waals surface area contributed by atoms with E-state index in [0.717, 1.165) is 0 Å². The third-order valence-corrected chi connectivity index (χ3v) is 1.94. The van der Waals surface area contributed by atoms with Crippen molar-refractivity contribution in [2.24, 2.45) is 0 Å². The monoisotopic (exact) mass is 160 g/mol. The third-order valence-electron chi connectivity index (χ3n) is 1.94. The average molecular weight is 160 g/mol. The Morgan fingerprint density at radius 3 is 1.91 bits per heavy atom. The second-order valence-electron chi connectivity index (χ2n) is 3.87. The van der Waals surface area contributed by atoms with Crippen molar-refractivity contribution in [3.05, 3.63) is 0 Å². The van der Waals surface area contributed by atoms with Gasteiger partial charge in [0.2, 0.25) is 0 Å². The predicted molar refractivity (Wildman–Crippen MR) is 46.7 cm³/mol. The molecule has 0 radical (unpaired) electrons. The largest absolute Gasteiger partial charge is 0.316 e. The van der Waals surface area contributed by atoms with Gasteiger partial charge in [-0.2, -0.15) is 0 Å². The van der Waals surface area contributed by atoms with E-state index in [1.165, 1.54) is 0 Å². The highest BCUT2D eigenvalue weighted by Gasteiger charge is 2.25. The van der Waals surface area contributed by atoms with Crippen molar-refractivity contribution in [3.8, 4) is 0 Å². The highest BCUT2D eigenvalue weighted by atomic mass is 16.5. The minimum absolute atomic E-state index is 0.0462. The molecule has 0 bridgehead atoms. The molecule has 1 unspecified atom stereocenters. The third kappa shape index (κ3) is 3.70. The van der Waals surface area contributed by atoms with Crippen LogP contribution in [0, 0.1) is 0 Å². The van der Waals surface area contributed by atoms with Crippen molar-refractivity contribution in [2.45, 2.75) is 52.2 Å². The molecule has 68 valence electrons. The summed E-state index contributed by atoms with van der Waals surface area (Å²) in [6, 6.07) is 0.477. The molecule has 0 aromatic rings. The Morgan fingerprint density at radius 1 is 1.18 bits per heavy atom. The fraction of sp³-hybridized carbons (Fsp3) is 1.00. The minimum atomic E-state index is -0.0804. The number of nitrogens with one attached hydrogen (secondary N) is 2. The molecule has 3 nitrogen and oxygen atoms in total. The van der Waals surface area contributed by atoms with Crippen LogP contribution in [-0.2, 0) is 0 Å². The van der Waals surface area contributed by atoms with Gasteiger partial charge in [0.1, 0.15) is 0 Å². The minimum Gasteiger partial charge on any atom is -0.316 e. The van der Waals surface area contributed by atoms with E-state index in [4.69, 9.17) is 5.21 Å². The average Bonchev–Trinajstić information content (AvgIpc) is 1.83. The Bertz CT molecular complexity index is 113. The fourth-order valence-corrected chi connectivity index (χ4v) is 1.03. The van der Waals surface area contributed by atoms with Crippen LogP contribution in [-0.4, -0.2) is 22.8 Å². The molecule has 0 aromatic heterocycles. The van der Waals surface area contributed by atoms with E-state index in [1.54, 1.807) is 0 Å². The van der Waals surface area contributed by atoms with Gasteiger partial charge in [0.25, 0.3) is 0 Å². The molecule has 3 N–H and O–H groups in total. The van der Waals surface area contributed by atoms with E-state index in [1.807, 2.05) is 6.92 Å². The van der Waals surface area contributed by atoms with Crippen LogP contribution in [0.1, 0.15) is 34.6 Å². The lowest BCUT2D eigenvalue weighted by Crippen LogP contribution is -2.55. The van der Waals surface area contributed by atoms with Crippen molar-refractivity contribution < 1.29 is 5.21 Å². The molecule has 0 aliphatic carbocycles. The van der Waals surface area contributed by atoms with E-state index < -0.39 is 0 Å². The van der Waals surface area contributed by atoms with E-state index >= 15 is 0 Å². The summed E-state index contributed by atoms with van der Waals surface area (Å²) in [4.78, 5) is 0. The first-order valence-corrected chi connectivity index (χ1v) is 4.07. The first kappa shape index (κ1) is 10.9. The van der Waals surface area contributed by atoms with E-state index in [9.17, 15) is 0 Å². The molecule has 11 heavy (non-hydrogen) atoms. The standard InChI is InChI=1S/C8H20N2O/c1-6(2)9-8(4,5)7(3)10-11/h6-7,9-11H,1-5H3. The second-order valence-corrected chi connectivity index (χ2v) is 3.87. The van der Waals surface area contributed by atoms with Crippen molar-refractivity contribution in [1.29, 1.82) is 0 Å². The molecular weight excluding hydrogens is 140 g/mol. The van der Waals surface area contributed by atoms with Gasteiger partial charge >= 0.3 is 0 Å². The lowest BCUT2D eigenvalue weighted by molar-refractivity contribution is 0.0878. The van der Waals surface area contributed by atoms with Gasteiger partial charge in [-0.1, -0.05) is 13.8 Å². The zero-order valence-electron chi connectivity index (χ0n) is 8.10. The maximum Gasteiger partial charge on any atom is 0.0468 e. The lowest BCUT2D eigenvalue weighted by atomic mass is 9.96. The maximum absolute atomic E-state index is 8.69. The van der Waals surface area contributed by atoms with Gasteiger partial charge in [-0.25, -0.2) is 5.48 Å². The van der Waals surface area contributed by atoms with Crippen LogP contribution in [0.25, 0.3) is 0 Å². The second kappa shape index (κ2) is 4.04. The number of rotatable bonds is 4. The first-order chi connectivity index (χ1) is 4.90. The molecule has 0 rings (SSSR count). The summed E-state index contributed by atoms with van der Waals surface area (Å²) in [6.07, 6.45) is 0. The van der Waals surface area contributed by atoms with Gasteiger partial charge < -0.3 is 10.5 Å². The molecule has 0 aliphatic rings. The molecule has 0 heterocycles. The smallest absolute Gasteiger partial charge is 0.0468 e. The van der Waals surface area contributed by atoms with Gasteiger partial charge in [-0.05, 0) is 20.8 Å². The fourth-order valence-electron chi connectivity index (χ4n) is 1.03. The summed E-state index contributed by atoms with van der Waals surface area (Å²) < 4.78 is 0. The Morgan fingerprint density at radius 2 is 1.64 bits per heavy atom. The van der Waals surface area contributed by atoms with Crippen molar-refractivity contribution in [1.82, 2.24) is 10.8 Å². The quantitative estimate of drug-likeness (QED) is 0.540. The molecule has 0 fully saturated rings. The Kier molecular flexibility index (Phi) is 4.00. The van der Waals surface area contributed by atoms with Crippen LogP contribution in [0.3, 0.4) is 0 Å². The predicted octanol–water partition coefficient (Wildman–Crippen LogP) is 1.13. The van der Waals surface area contributed by atoms with Gasteiger partial charge in [0.15, 0.2) is 0 Å². The van der Waals surface area contributed by atoms with Crippen molar-refractivity contribution >= 4 is 0 Å². The van der Waals surface area contributed by atoms with Gasteiger partial charge in [0.05, 0.1) is 0 Å². The topological polar surface area (TPSA) is 44.3 Å². The van der Waals surface area contributed by atoms with Crippen LogP contribution < -0.4 is 10.8 Å². The van der Waals surface area contributed by atoms with Crippen molar-refractivity contribution in [3.63, 3.8) is 0 Å². The molecule has 1 atom stereocenters. The molecule has 3 heteroatoms. The molecule has 0 amide bonds. The Labute approximate surface area is 69.1 Å². The lowest BCUT2D eigenvalue weighted by Gasteiger charge is -2.33. The molecule has 0 aliphatic heterocycles. The number of hydroxylamine groups is 1. The van der Waals surface area contributed by atoms with Gasteiger partial charge in [-0.15, -0.1) is 0 Å². The highest BCUT2D eigenvalue weighted by molar-refractivity contribution is 4.87. The Hall–Kier alpha value is -0.120. The number of hydrogen-bond acceptors (Lipinski definition) is 3. The molecular formula is C8H20N2O. The summed E-state index contributed by atoms with van der Waals surface area (Å²) in [5.74, 6) is 0. The molecule has 0 aromatic carbocycles. The van der Waals surface area contributed by atoms with Crippen LogP contribution in [0.4, 0.5) is 0 Å². The Balaban J connectivity index is 3.98. The molecule has 0 saturated heterocycles. The van der Waals surface area contributed by atoms with E-state index in [-0.39, 0.29) is 11.6 Å². The summed E-state index contributed by atoms with van der Waals surface area (Å²) >= 11 is 0.